The first-order chi connectivity index (χ1) is 9.50. The Kier molecular flexibility index (Phi) is 3.94. The van der Waals surface area contributed by atoms with Crippen molar-refractivity contribution in [1.82, 2.24) is 4.98 Å². The summed E-state index contributed by atoms with van der Waals surface area (Å²) < 4.78 is 0. The summed E-state index contributed by atoms with van der Waals surface area (Å²) in [6.45, 7) is 0.300. The van der Waals surface area contributed by atoms with E-state index in [9.17, 15) is 20.0 Å². The number of carbonyl (C=O) groups is 1. The smallest absolute Gasteiger partial charge is 0.338 e. The number of nitrogens with zero attached hydrogens (tertiary/aromatic N) is 3. The summed E-state index contributed by atoms with van der Waals surface area (Å²) in [5.74, 6) is -1.20. The number of aromatic carboxylic acids is 1. The Morgan fingerprint density at radius 1 is 1.55 bits per heavy atom. The molecule has 0 aliphatic heterocycles. The van der Waals surface area contributed by atoms with Crippen molar-refractivity contribution in [3.63, 3.8) is 0 Å². The first kappa shape index (κ1) is 13.9. The van der Waals surface area contributed by atoms with Gasteiger partial charge in [0.1, 0.15) is 5.69 Å². The number of nitro groups is 1. The summed E-state index contributed by atoms with van der Waals surface area (Å²) in [5.41, 5.74) is 2.13. The number of hydrogen-bond donors (Lipinski definition) is 1. The van der Waals surface area contributed by atoms with Crippen LogP contribution >= 0.6 is 11.3 Å². The van der Waals surface area contributed by atoms with E-state index in [1.807, 2.05) is 5.38 Å². The average Bonchev–Trinajstić information content (AvgIpc) is 2.90. The number of carboxylic acids is 1. The highest BCUT2D eigenvalue weighted by Crippen LogP contribution is 2.32. The molecule has 1 aromatic carbocycles. The van der Waals surface area contributed by atoms with E-state index in [1.165, 1.54) is 34.4 Å². The molecule has 1 N–H and O–H groups in total. The molecule has 0 saturated heterocycles. The van der Waals surface area contributed by atoms with Gasteiger partial charge in [-0.05, 0) is 6.07 Å². The quantitative estimate of drug-likeness (QED) is 0.671. The van der Waals surface area contributed by atoms with Crippen LogP contribution in [0.2, 0.25) is 0 Å². The summed E-state index contributed by atoms with van der Waals surface area (Å²) in [6, 6.07) is 4.00. The Morgan fingerprint density at radius 2 is 2.30 bits per heavy atom. The van der Waals surface area contributed by atoms with Gasteiger partial charge in [-0.3, -0.25) is 10.1 Å². The normalized spacial score (nSPS) is 10.2. The molecular weight excluding hydrogens is 282 g/mol. The van der Waals surface area contributed by atoms with Crippen molar-refractivity contribution in [3.8, 4) is 0 Å². The van der Waals surface area contributed by atoms with Crippen molar-refractivity contribution in [2.24, 2.45) is 0 Å². The Labute approximate surface area is 118 Å². The molecular formula is C12H11N3O4S. The zero-order valence-corrected chi connectivity index (χ0v) is 11.3. The van der Waals surface area contributed by atoms with Gasteiger partial charge in [0.25, 0.3) is 5.69 Å². The predicted molar refractivity (Wildman–Crippen MR) is 74.3 cm³/mol. The molecule has 0 unspecified atom stereocenters. The summed E-state index contributed by atoms with van der Waals surface area (Å²) in [6.07, 6.45) is 0. The second-order valence-corrected chi connectivity index (χ2v) is 4.79. The number of para-hydroxylation sites is 1. The van der Waals surface area contributed by atoms with Crippen molar-refractivity contribution in [2.75, 3.05) is 11.9 Å². The molecule has 0 spiro atoms. The van der Waals surface area contributed by atoms with Gasteiger partial charge in [0.2, 0.25) is 0 Å². The number of rotatable bonds is 5. The zero-order valence-electron chi connectivity index (χ0n) is 10.5. The Balaban J connectivity index is 2.46. The zero-order chi connectivity index (χ0) is 14.7. The minimum atomic E-state index is -1.20. The van der Waals surface area contributed by atoms with Crippen LogP contribution in [0.15, 0.2) is 29.1 Å². The molecule has 20 heavy (non-hydrogen) atoms. The fourth-order valence-electron chi connectivity index (χ4n) is 1.89. The summed E-state index contributed by atoms with van der Waals surface area (Å²) in [7, 11) is 1.61. The molecule has 0 radical (unpaired) electrons. The number of carboxylic acid groups (broad SMARTS) is 1. The van der Waals surface area contributed by atoms with Crippen molar-refractivity contribution >= 4 is 28.7 Å². The van der Waals surface area contributed by atoms with E-state index >= 15 is 0 Å². The molecule has 8 heteroatoms. The van der Waals surface area contributed by atoms with Gasteiger partial charge in [-0.25, -0.2) is 9.78 Å². The van der Waals surface area contributed by atoms with Crippen LogP contribution < -0.4 is 4.90 Å². The van der Waals surface area contributed by atoms with Gasteiger partial charge in [-0.15, -0.1) is 11.3 Å². The molecule has 7 nitrogen and oxygen atoms in total. The second kappa shape index (κ2) is 5.66. The molecule has 0 amide bonds. The van der Waals surface area contributed by atoms with Crippen LogP contribution in [0, 0.1) is 10.1 Å². The maximum Gasteiger partial charge on any atom is 0.338 e. The lowest BCUT2D eigenvalue weighted by atomic mass is 10.1. The highest BCUT2D eigenvalue weighted by molar-refractivity contribution is 7.07. The molecule has 0 fully saturated rings. The topological polar surface area (TPSA) is 96.6 Å². The summed E-state index contributed by atoms with van der Waals surface area (Å²) in [4.78, 5) is 27.3. The minimum Gasteiger partial charge on any atom is -0.478 e. The van der Waals surface area contributed by atoms with Gasteiger partial charge in [-0.1, -0.05) is 6.07 Å². The fraction of sp³-hybridized carbons (Fsp3) is 0.167. The van der Waals surface area contributed by atoms with Crippen LogP contribution in [0.4, 0.5) is 11.4 Å². The maximum atomic E-state index is 11.2. The van der Waals surface area contributed by atoms with Gasteiger partial charge in [-0.2, -0.15) is 0 Å². The van der Waals surface area contributed by atoms with Crippen molar-refractivity contribution in [1.29, 1.82) is 0 Å². The maximum absolute atomic E-state index is 11.2. The molecule has 1 aromatic heterocycles. The molecule has 0 bridgehead atoms. The third kappa shape index (κ3) is 2.75. The molecule has 0 atom stereocenters. The van der Waals surface area contributed by atoms with Crippen LogP contribution in [-0.4, -0.2) is 28.0 Å². The van der Waals surface area contributed by atoms with Gasteiger partial charge in [0.05, 0.1) is 28.2 Å². The monoisotopic (exact) mass is 293 g/mol. The first-order valence-corrected chi connectivity index (χ1v) is 6.54. The Morgan fingerprint density at radius 3 is 2.85 bits per heavy atom. The first-order valence-electron chi connectivity index (χ1n) is 5.59. The predicted octanol–water partition coefficient (Wildman–Crippen LogP) is 2.39. The van der Waals surface area contributed by atoms with E-state index in [0.717, 1.165) is 5.69 Å². The van der Waals surface area contributed by atoms with Gasteiger partial charge < -0.3 is 10.0 Å². The molecule has 1 heterocycles. The Hall–Kier alpha value is -2.48. The molecule has 2 rings (SSSR count). The number of hydrogen-bond acceptors (Lipinski definition) is 6. The van der Waals surface area contributed by atoms with E-state index in [2.05, 4.69) is 4.98 Å². The summed E-state index contributed by atoms with van der Waals surface area (Å²) in [5, 5.41) is 22.1. The molecule has 0 aliphatic rings. The standard InChI is InChI=1S/C12H11N3O4S/c1-14(5-8-6-20-7-13-8)11-9(12(16)17)3-2-4-10(11)15(18)19/h2-4,6-7H,5H2,1H3,(H,16,17). The van der Waals surface area contributed by atoms with Gasteiger partial charge in [0.15, 0.2) is 0 Å². The molecule has 0 saturated carbocycles. The van der Waals surface area contributed by atoms with Gasteiger partial charge in [0, 0.05) is 18.5 Å². The highest BCUT2D eigenvalue weighted by atomic mass is 32.1. The number of nitro benzene ring substituents is 1. The van der Waals surface area contributed by atoms with E-state index in [0.29, 0.717) is 6.54 Å². The molecule has 104 valence electrons. The number of anilines is 1. The lowest BCUT2D eigenvalue weighted by Gasteiger charge is -2.19. The second-order valence-electron chi connectivity index (χ2n) is 4.07. The van der Waals surface area contributed by atoms with Crippen LogP contribution in [0.25, 0.3) is 0 Å². The van der Waals surface area contributed by atoms with E-state index in [-0.39, 0.29) is 16.9 Å². The number of benzene rings is 1. The lowest BCUT2D eigenvalue weighted by Crippen LogP contribution is -2.21. The SMILES string of the molecule is CN(Cc1cscn1)c1c(C(=O)O)cccc1[N+](=O)[O-]. The van der Waals surface area contributed by atoms with Crippen LogP contribution in [0.5, 0.6) is 0 Å². The fourth-order valence-corrected chi connectivity index (χ4v) is 2.44. The van der Waals surface area contributed by atoms with E-state index in [1.54, 1.807) is 12.6 Å². The molecule has 2 aromatic rings. The lowest BCUT2D eigenvalue weighted by molar-refractivity contribution is -0.384. The van der Waals surface area contributed by atoms with Crippen molar-refractivity contribution in [3.05, 3.63) is 50.5 Å². The summed E-state index contributed by atoms with van der Waals surface area (Å²) >= 11 is 1.41. The minimum absolute atomic E-state index is 0.0815. The number of aromatic nitrogens is 1. The van der Waals surface area contributed by atoms with E-state index < -0.39 is 10.9 Å². The van der Waals surface area contributed by atoms with Gasteiger partial charge >= 0.3 is 5.97 Å². The Bertz CT molecular complexity index is 610. The number of thiazole rings is 1. The highest BCUT2D eigenvalue weighted by Gasteiger charge is 2.24. The van der Waals surface area contributed by atoms with Crippen LogP contribution in [0.1, 0.15) is 16.1 Å². The largest absolute Gasteiger partial charge is 0.478 e. The average molecular weight is 293 g/mol. The van der Waals surface area contributed by atoms with Crippen molar-refractivity contribution < 1.29 is 14.8 Å². The van der Waals surface area contributed by atoms with Crippen molar-refractivity contribution in [2.45, 2.75) is 6.54 Å². The molecule has 0 aliphatic carbocycles. The van der Waals surface area contributed by atoms with Crippen LogP contribution in [0.3, 0.4) is 0 Å². The van der Waals surface area contributed by atoms with Crippen LogP contribution in [-0.2, 0) is 6.54 Å². The third-order valence-corrected chi connectivity index (χ3v) is 3.34. The van der Waals surface area contributed by atoms with E-state index in [4.69, 9.17) is 0 Å². The third-order valence-electron chi connectivity index (χ3n) is 2.71.